The summed E-state index contributed by atoms with van der Waals surface area (Å²) in [5, 5.41) is 0. The minimum atomic E-state index is -0.619. The van der Waals surface area contributed by atoms with Crippen molar-refractivity contribution in [2.75, 3.05) is 25.1 Å². The molecule has 1 fully saturated rings. The molecule has 1 atom stereocenters. The zero-order chi connectivity index (χ0) is 16.5. The van der Waals surface area contributed by atoms with Gasteiger partial charge in [0, 0.05) is 31.3 Å². The molecule has 2 rings (SSSR count). The topological polar surface area (TPSA) is 32.8 Å². The van der Waals surface area contributed by atoms with Crippen LogP contribution in [0.15, 0.2) is 24.3 Å². The summed E-state index contributed by atoms with van der Waals surface area (Å²) >= 11 is 18.2. The predicted molar refractivity (Wildman–Crippen MR) is 91.1 cm³/mol. The third-order valence-electron chi connectivity index (χ3n) is 3.91. The van der Waals surface area contributed by atoms with E-state index in [9.17, 15) is 4.79 Å². The first-order valence-electron chi connectivity index (χ1n) is 6.94. The minimum Gasteiger partial charge on any atom is -0.494 e. The van der Waals surface area contributed by atoms with Gasteiger partial charge in [0.05, 0.1) is 12.3 Å². The second-order valence-corrected chi connectivity index (χ2v) is 7.81. The lowest BCUT2D eigenvalue weighted by Gasteiger charge is -2.19. The van der Waals surface area contributed by atoms with Crippen LogP contribution in [0.4, 0.5) is 10.5 Å². The van der Waals surface area contributed by atoms with Crippen molar-refractivity contribution in [1.29, 1.82) is 0 Å². The van der Waals surface area contributed by atoms with Gasteiger partial charge in [0.15, 0.2) is 0 Å². The van der Waals surface area contributed by atoms with Gasteiger partial charge in [0.1, 0.15) is 10.1 Å². The van der Waals surface area contributed by atoms with Crippen LogP contribution in [-0.4, -0.2) is 36.0 Å². The van der Waals surface area contributed by atoms with Gasteiger partial charge in [-0.1, -0.05) is 6.92 Å². The van der Waals surface area contributed by atoms with Crippen molar-refractivity contribution in [2.24, 2.45) is 5.41 Å². The Bertz CT molecular complexity index is 548. The molecule has 1 aromatic carbocycles. The summed E-state index contributed by atoms with van der Waals surface area (Å²) in [7, 11) is 3.28. The Hall–Kier alpha value is -0.840. The van der Waals surface area contributed by atoms with Gasteiger partial charge in [0.2, 0.25) is 0 Å². The Kier molecular flexibility index (Phi) is 5.05. The van der Waals surface area contributed by atoms with Gasteiger partial charge in [-0.15, -0.1) is 23.2 Å². The van der Waals surface area contributed by atoms with E-state index in [2.05, 4.69) is 6.92 Å². The van der Waals surface area contributed by atoms with Crippen LogP contribution in [0.1, 0.15) is 19.8 Å². The van der Waals surface area contributed by atoms with Crippen molar-refractivity contribution in [3.05, 3.63) is 24.3 Å². The number of benzene rings is 1. The van der Waals surface area contributed by atoms with Gasteiger partial charge in [-0.25, -0.2) is 9.21 Å². The quantitative estimate of drug-likeness (QED) is 0.560. The molecule has 22 heavy (non-hydrogen) atoms. The highest BCUT2D eigenvalue weighted by Gasteiger charge is 2.62. The third-order valence-corrected chi connectivity index (χ3v) is 5.43. The molecule has 0 bridgehead atoms. The SMILES string of the molecule is CN(C)C(=O)N(Cl)c1ccc(OCCC2(C)CC2(Cl)Cl)cc1. The molecule has 1 aromatic rings. The van der Waals surface area contributed by atoms with Gasteiger partial charge in [-0.3, -0.25) is 0 Å². The molecule has 1 aliphatic rings. The zero-order valence-corrected chi connectivity index (χ0v) is 15.0. The molecule has 0 radical (unpaired) electrons. The van der Waals surface area contributed by atoms with Crippen molar-refractivity contribution in [2.45, 2.75) is 24.1 Å². The number of halogens is 3. The largest absolute Gasteiger partial charge is 0.494 e. The van der Waals surface area contributed by atoms with Crippen molar-refractivity contribution >= 4 is 46.7 Å². The van der Waals surface area contributed by atoms with E-state index >= 15 is 0 Å². The molecule has 0 aliphatic heterocycles. The summed E-state index contributed by atoms with van der Waals surface area (Å²) in [6.07, 6.45) is 1.59. The van der Waals surface area contributed by atoms with Gasteiger partial charge < -0.3 is 9.64 Å². The molecule has 1 aliphatic carbocycles. The number of anilines is 1. The Morgan fingerprint density at radius 3 is 2.27 bits per heavy atom. The molecule has 0 aromatic heterocycles. The fourth-order valence-corrected chi connectivity index (χ4v) is 3.11. The summed E-state index contributed by atoms with van der Waals surface area (Å²) in [5.74, 6) is 0.713. The second kappa shape index (κ2) is 6.34. The maximum absolute atomic E-state index is 11.7. The summed E-state index contributed by atoms with van der Waals surface area (Å²) in [5.41, 5.74) is 0.517. The Morgan fingerprint density at radius 2 is 1.82 bits per heavy atom. The molecule has 7 heteroatoms. The van der Waals surface area contributed by atoms with Crippen LogP contribution in [0, 0.1) is 5.41 Å². The Morgan fingerprint density at radius 1 is 1.27 bits per heavy atom. The molecule has 0 saturated heterocycles. The lowest BCUT2D eigenvalue weighted by atomic mass is 10.1. The number of carbonyl (C=O) groups is 1. The number of ether oxygens (including phenoxy) is 1. The van der Waals surface area contributed by atoms with E-state index in [-0.39, 0.29) is 11.4 Å². The van der Waals surface area contributed by atoms with Crippen LogP contribution in [0.5, 0.6) is 5.75 Å². The number of amides is 2. The Labute approximate surface area is 146 Å². The van der Waals surface area contributed by atoms with Crippen molar-refractivity contribution in [1.82, 2.24) is 4.90 Å². The van der Waals surface area contributed by atoms with Gasteiger partial charge in [-0.2, -0.15) is 0 Å². The minimum absolute atomic E-state index is 0.0683. The van der Waals surface area contributed by atoms with Gasteiger partial charge in [-0.05, 0) is 37.1 Å². The molecular weight excluding hydrogens is 347 g/mol. The van der Waals surface area contributed by atoms with E-state index in [1.807, 2.05) is 0 Å². The first-order chi connectivity index (χ1) is 10.2. The van der Waals surface area contributed by atoms with Crippen LogP contribution in [0.25, 0.3) is 0 Å². The van der Waals surface area contributed by atoms with Crippen molar-refractivity contribution < 1.29 is 9.53 Å². The van der Waals surface area contributed by atoms with E-state index < -0.39 is 4.33 Å². The van der Waals surface area contributed by atoms with Gasteiger partial charge in [0.25, 0.3) is 0 Å². The highest BCUT2D eigenvalue weighted by atomic mass is 35.5. The van der Waals surface area contributed by atoms with Crippen LogP contribution >= 0.6 is 35.0 Å². The smallest absolute Gasteiger partial charge is 0.338 e. The monoisotopic (exact) mass is 364 g/mol. The van der Waals surface area contributed by atoms with E-state index in [4.69, 9.17) is 39.7 Å². The number of alkyl halides is 2. The van der Waals surface area contributed by atoms with Crippen LogP contribution in [0.3, 0.4) is 0 Å². The maximum atomic E-state index is 11.7. The zero-order valence-electron chi connectivity index (χ0n) is 12.8. The number of hydrogen-bond donors (Lipinski definition) is 0. The first-order valence-corrected chi connectivity index (χ1v) is 8.04. The third kappa shape index (κ3) is 3.73. The predicted octanol–water partition coefficient (Wildman–Crippen LogP) is 4.68. The molecule has 0 spiro atoms. The molecule has 4 nitrogen and oxygen atoms in total. The average molecular weight is 366 g/mol. The Balaban J connectivity index is 1.86. The number of rotatable bonds is 5. The number of urea groups is 1. The number of nitrogens with zero attached hydrogens (tertiary/aromatic N) is 2. The van der Waals surface area contributed by atoms with Crippen molar-refractivity contribution in [3.63, 3.8) is 0 Å². The molecule has 0 heterocycles. The standard InChI is InChI=1S/C15H19Cl3N2O2/c1-14(10-15(14,16)17)8-9-22-12-6-4-11(5-7-12)20(18)13(21)19(2)3/h4-7H,8-10H2,1-3H3. The van der Waals surface area contributed by atoms with E-state index in [0.717, 1.165) is 17.3 Å². The first kappa shape index (κ1) is 17.5. The maximum Gasteiger partial charge on any atom is 0.338 e. The fraction of sp³-hybridized carbons (Fsp3) is 0.533. The molecule has 1 unspecified atom stereocenters. The highest BCUT2D eigenvalue weighted by Crippen LogP contribution is 2.65. The van der Waals surface area contributed by atoms with Gasteiger partial charge >= 0.3 is 6.03 Å². The lowest BCUT2D eigenvalue weighted by Crippen LogP contribution is -2.32. The fourth-order valence-electron chi connectivity index (χ4n) is 2.07. The molecule has 0 N–H and O–H groups in total. The van der Waals surface area contributed by atoms with Crippen LogP contribution in [0.2, 0.25) is 0 Å². The second-order valence-electron chi connectivity index (χ2n) is 5.99. The summed E-state index contributed by atoms with van der Waals surface area (Å²) in [6.45, 7) is 2.59. The van der Waals surface area contributed by atoms with Crippen molar-refractivity contribution in [3.8, 4) is 5.75 Å². The van der Waals surface area contributed by atoms with Crippen LogP contribution < -0.4 is 9.16 Å². The van der Waals surface area contributed by atoms with Crippen LogP contribution in [-0.2, 0) is 0 Å². The van der Waals surface area contributed by atoms with E-state index in [1.54, 1.807) is 38.4 Å². The normalized spacial score (nSPS) is 22.1. The molecule has 122 valence electrons. The summed E-state index contributed by atoms with van der Waals surface area (Å²) in [4.78, 5) is 13.1. The average Bonchev–Trinajstić information content (AvgIpc) is 2.96. The summed E-state index contributed by atoms with van der Waals surface area (Å²) in [6, 6.07) is 6.71. The molecular formula is C15H19Cl3N2O2. The molecule has 1 saturated carbocycles. The number of hydrogen-bond acceptors (Lipinski definition) is 2. The van der Waals surface area contributed by atoms with E-state index in [1.165, 1.54) is 4.90 Å². The lowest BCUT2D eigenvalue weighted by molar-refractivity contribution is 0.227. The van der Waals surface area contributed by atoms with E-state index in [0.29, 0.717) is 18.0 Å². The highest BCUT2D eigenvalue weighted by molar-refractivity contribution is 6.51. The number of carbonyl (C=O) groups excluding carboxylic acids is 1. The summed E-state index contributed by atoms with van der Waals surface area (Å²) < 4.78 is 6.12. The molecule has 2 amide bonds.